The summed E-state index contributed by atoms with van der Waals surface area (Å²) in [5.74, 6) is 1.02. The highest BCUT2D eigenvalue weighted by molar-refractivity contribution is 4.94. The van der Waals surface area contributed by atoms with Crippen LogP contribution in [0.1, 0.15) is 71.6 Å². The molecule has 1 atom stereocenters. The van der Waals surface area contributed by atoms with Gasteiger partial charge in [-0.05, 0) is 44.9 Å². The summed E-state index contributed by atoms with van der Waals surface area (Å²) < 4.78 is 0. The van der Waals surface area contributed by atoms with E-state index >= 15 is 0 Å². The molecule has 2 saturated carbocycles. The maximum absolute atomic E-state index is 4.00. The minimum atomic E-state index is 0.473. The van der Waals surface area contributed by atoms with Crippen LogP contribution in [0.3, 0.4) is 0 Å². The summed E-state index contributed by atoms with van der Waals surface area (Å²) in [6.45, 7) is 4.78. The van der Waals surface area contributed by atoms with Gasteiger partial charge in [0.15, 0.2) is 0 Å². The number of hydrogen-bond acceptors (Lipinski definition) is 1. The lowest BCUT2D eigenvalue weighted by Crippen LogP contribution is -2.50. The molecule has 1 nitrogen and oxygen atoms in total. The molecule has 15 heavy (non-hydrogen) atoms. The quantitative estimate of drug-likeness (QED) is 0.724. The van der Waals surface area contributed by atoms with Crippen molar-refractivity contribution in [2.75, 3.05) is 0 Å². The van der Waals surface area contributed by atoms with Crippen molar-refractivity contribution in [3.63, 3.8) is 0 Å². The predicted molar refractivity (Wildman–Crippen MR) is 66.0 cm³/mol. The van der Waals surface area contributed by atoms with E-state index < -0.39 is 0 Å². The van der Waals surface area contributed by atoms with Crippen molar-refractivity contribution in [2.24, 2.45) is 5.92 Å². The smallest absolute Gasteiger partial charge is 0.0156 e. The van der Waals surface area contributed by atoms with Crippen LogP contribution in [0.2, 0.25) is 0 Å². The Kier molecular flexibility index (Phi) is 3.71. The summed E-state index contributed by atoms with van der Waals surface area (Å²) >= 11 is 0. The largest absolute Gasteiger partial charge is 0.308 e. The summed E-state index contributed by atoms with van der Waals surface area (Å²) in [6.07, 6.45) is 12.8. The average molecular weight is 209 g/mol. The molecular weight excluding hydrogens is 182 g/mol. The van der Waals surface area contributed by atoms with E-state index in [0.29, 0.717) is 5.54 Å². The molecule has 0 aromatic rings. The van der Waals surface area contributed by atoms with Gasteiger partial charge in [0, 0.05) is 11.6 Å². The SMILES string of the molecule is CCCC(NC1(C)CCCCC1)C1CC1. The van der Waals surface area contributed by atoms with Crippen molar-refractivity contribution in [3.8, 4) is 0 Å². The summed E-state index contributed by atoms with van der Waals surface area (Å²) in [5, 5.41) is 4.00. The Morgan fingerprint density at radius 2 is 1.87 bits per heavy atom. The van der Waals surface area contributed by atoms with Crippen LogP contribution in [0.4, 0.5) is 0 Å². The lowest BCUT2D eigenvalue weighted by atomic mass is 9.82. The molecule has 2 rings (SSSR count). The van der Waals surface area contributed by atoms with Crippen LogP contribution in [-0.2, 0) is 0 Å². The maximum Gasteiger partial charge on any atom is 0.0156 e. The second kappa shape index (κ2) is 4.86. The van der Waals surface area contributed by atoms with E-state index in [0.717, 1.165) is 12.0 Å². The molecule has 0 aliphatic heterocycles. The Hall–Kier alpha value is -0.0400. The zero-order valence-electron chi connectivity index (χ0n) is 10.5. The Labute approximate surface area is 95.0 Å². The molecule has 88 valence electrons. The van der Waals surface area contributed by atoms with Crippen LogP contribution < -0.4 is 5.32 Å². The summed E-state index contributed by atoms with van der Waals surface area (Å²) in [7, 11) is 0. The van der Waals surface area contributed by atoms with E-state index in [1.807, 2.05) is 0 Å². The van der Waals surface area contributed by atoms with Gasteiger partial charge in [-0.2, -0.15) is 0 Å². The molecule has 0 radical (unpaired) electrons. The van der Waals surface area contributed by atoms with E-state index in [9.17, 15) is 0 Å². The van der Waals surface area contributed by atoms with Gasteiger partial charge < -0.3 is 5.32 Å². The lowest BCUT2D eigenvalue weighted by Gasteiger charge is -2.38. The highest BCUT2D eigenvalue weighted by Crippen LogP contribution is 2.37. The minimum absolute atomic E-state index is 0.473. The average Bonchev–Trinajstić information content (AvgIpc) is 3.01. The normalized spacial score (nSPS) is 27.6. The Morgan fingerprint density at radius 3 is 2.40 bits per heavy atom. The number of nitrogens with one attached hydrogen (secondary N) is 1. The molecule has 0 bridgehead atoms. The topological polar surface area (TPSA) is 12.0 Å². The van der Waals surface area contributed by atoms with Crippen LogP contribution in [0.5, 0.6) is 0 Å². The van der Waals surface area contributed by atoms with Gasteiger partial charge in [0.1, 0.15) is 0 Å². The molecule has 0 aromatic heterocycles. The number of hydrogen-bond donors (Lipinski definition) is 1. The van der Waals surface area contributed by atoms with Gasteiger partial charge in [-0.25, -0.2) is 0 Å². The van der Waals surface area contributed by atoms with Crippen LogP contribution in [0.15, 0.2) is 0 Å². The van der Waals surface area contributed by atoms with Crippen molar-refractivity contribution in [2.45, 2.75) is 83.2 Å². The third kappa shape index (κ3) is 3.21. The minimum Gasteiger partial charge on any atom is -0.308 e. The monoisotopic (exact) mass is 209 g/mol. The second-order valence-corrected chi connectivity index (χ2v) is 6.00. The molecule has 0 amide bonds. The highest BCUT2D eigenvalue weighted by Gasteiger charge is 2.36. The summed E-state index contributed by atoms with van der Waals surface area (Å²) in [4.78, 5) is 0. The molecule has 0 spiro atoms. The Morgan fingerprint density at radius 1 is 1.20 bits per heavy atom. The first-order valence-electron chi connectivity index (χ1n) is 7.01. The first-order valence-corrected chi connectivity index (χ1v) is 7.01. The van der Waals surface area contributed by atoms with Crippen molar-refractivity contribution in [3.05, 3.63) is 0 Å². The first-order chi connectivity index (χ1) is 7.23. The van der Waals surface area contributed by atoms with Crippen LogP contribution >= 0.6 is 0 Å². The summed E-state index contributed by atoms with van der Waals surface area (Å²) in [6, 6.07) is 0.832. The van der Waals surface area contributed by atoms with E-state index in [1.54, 1.807) is 0 Å². The standard InChI is InChI=1S/C14H27N/c1-3-7-13(12-8-9-12)15-14(2)10-5-4-6-11-14/h12-13,15H,3-11H2,1-2H3. The zero-order valence-corrected chi connectivity index (χ0v) is 10.5. The molecule has 2 aliphatic carbocycles. The molecule has 2 aliphatic rings. The van der Waals surface area contributed by atoms with E-state index in [1.165, 1.54) is 57.8 Å². The van der Waals surface area contributed by atoms with Gasteiger partial charge in [-0.15, -0.1) is 0 Å². The zero-order chi connectivity index (χ0) is 10.7. The van der Waals surface area contributed by atoms with Crippen molar-refractivity contribution >= 4 is 0 Å². The van der Waals surface area contributed by atoms with Gasteiger partial charge in [0.05, 0.1) is 0 Å². The Balaban J connectivity index is 1.85. The van der Waals surface area contributed by atoms with Crippen LogP contribution in [-0.4, -0.2) is 11.6 Å². The molecule has 1 heteroatoms. The fourth-order valence-electron chi connectivity index (χ4n) is 3.16. The number of rotatable bonds is 5. The van der Waals surface area contributed by atoms with Gasteiger partial charge >= 0.3 is 0 Å². The van der Waals surface area contributed by atoms with Gasteiger partial charge in [0.25, 0.3) is 0 Å². The van der Waals surface area contributed by atoms with Crippen molar-refractivity contribution in [1.82, 2.24) is 5.32 Å². The van der Waals surface area contributed by atoms with Gasteiger partial charge in [0.2, 0.25) is 0 Å². The maximum atomic E-state index is 4.00. The van der Waals surface area contributed by atoms with E-state index in [2.05, 4.69) is 19.2 Å². The molecular formula is C14H27N. The van der Waals surface area contributed by atoms with E-state index in [4.69, 9.17) is 0 Å². The van der Waals surface area contributed by atoms with Crippen molar-refractivity contribution < 1.29 is 0 Å². The summed E-state index contributed by atoms with van der Waals surface area (Å²) in [5.41, 5.74) is 0.473. The van der Waals surface area contributed by atoms with E-state index in [-0.39, 0.29) is 0 Å². The first kappa shape index (κ1) is 11.4. The highest BCUT2D eigenvalue weighted by atomic mass is 15.0. The lowest BCUT2D eigenvalue weighted by molar-refractivity contribution is 0.212. The molecule has 0 aromatic carbocycles. The van der Waals surface area contributed by atoms with Crippen LogP contribution in [0, 0.1) is 5.92 Å². The molecule has 2 fully saturated rings. The fourth-order valence-corrected chi connectivity index (χ4v) is 3.16. The third-order valence-electron chi connectivity index (χ3n) is 4.28. The molecule has 0 heterocycles. The molecule has 0 saturated heterocycles. The Bertz CT molecular complexity index is 190. The van der Waals surface area contributed by atoms with Gasteiger partial charge in [-0.1, -0.05) is 32.6 Å². The van der Waals surface area contributed by atoms with Crippen molar-refractivity contribution in [1.29, 1.82) is 0 Å². The van der Waals surface area contributed by atoms with Crippen LogP contribution in [0.25, 0.3) is 0 Å². The van der Waals surface area contributed by atoms with Gasteiger partial charge in [-0.3, -0.25) is 0 Å². The third-order valence-corrected chi connectivity index (χ3v) is 4.28. The molecule has 1 unspecified atom stereocenters. The fraction of sp³-hybridized carbons (Fsp3) is 1.00. The molecule has 1 N–H and O–H groups in total. The second-order valence-electron chi connectivity index (χ2n) is 6.00. The predicted octanol–water partition coefficient (Wildman–Crippen LogP) is 3.88.